The van der Waals surface area contributed by atoms with Gasteiger partial charge in [-0.2, -0.15) is 10.1 Å². The van der Waals surface area contributed by atoms with Crippen LogP contribution in [0, 0.1) is 5.82 Å². The van der Waals surface area contributed by atoms with Crippen LogP contribution in [0.1, 0.15) is 5.69 Å². The van der Waals surface area contributed by atoms with E-state index in [1.54, 1.807) is 12.4 Å². The van der Waals surface area contributed by atoms with Crippen LogP contribution in [0.25, 0.3) is 11.3 Å². The first-order valence-electron chi connectivity index (χ1n) is 11.1. The number of pyridine rings is 1. The molecular weight excluding hydrogens is 449 g/mol. The molecule has 0 radical (unpaired) electrons. The SMILES string of the molecule is Fc1cnc(N=NCc2ccc(Nc3cccc(-c4ccncn4)c3)cn2)nc1N1CCOCC1. The smallest absolute Gasteiger partial charge is 0.270 e. The number of azo groups is 1. The Morgan fingerprint density at radius 3 is 2.71 bits per heavy atom. The van der Waals surface area contributed by atoms with Crippen LogP contribution in [0.3, 0.4) is 0 Å². The molecule has 0 spiro atoms. The molecule has 4 heterocycles. The van der Waals surface area contributed by atoms with Crippen LogP contribution < -0.4 is 10.2 Å². The number of benzene rings is 1. The summed E-state index contributed by atoms with van der Waals surface area (Å²) in [7, 11) is 0. The fourth-order valence-corrected chi connectivity index (χ4v) is 3.54. The van der Waals surface area contributed by atoms with Gasteiger partial charge in [0.25, 0.3) is 5.95 Å². The lowest BCUT2D eigenvalue weighted by Crippen LogP contribution is -2.37. The van der Waals surface area contributed by atoms with E-state index in [9.17, 15) is 4.39 Å². The van der Waals surface area contributed by atoms with E-state index in [4.69, 9.17) is 4.74 Å². The summed E-state index contributed by atoms with van der Waals surface area (Å²) in [5.41, 5.74) is 4.32. The third kappa shape index (κ3) is 5.76. The molecule has 0 aliphatic carbocycles. The molecule has 10 nitrogen and oxygen atoms in total. The van der Waals surface area contributed by atoms with Crippen molar-refractivity contribution < 1.29 is 9.13 Å². The number of aromatic nitrogens is 5. The topological polar surface area (TPSA) is 114 Å². The Labute approximate surface area is 201 Å². The zero-order valence-electron chi connectivity index (χ0n) is 18.8. The monoisotopic (exact) mass is 471 g/mol. The molecule has 0 saturated carbocycles. The fraction of sp³-hybridized carbons (Fsp3) is 0.208. The molecule has 1 aromatic carbocycles. The minimum atomic E-state index is -0.488. The second-order valence-electron chi connectivity index (χ2n) is 7.68. The number of morpholine rings is 1. The highest BCUT2D eigenvalue weighted by Gasteiger charge is 2.17. The van der Waals surface area contributed by atoms with Crippen molar-refractivity contribution in [2.24, 2.45) is 10.2 Å². The summed E-state index contributed by atoms with van der Waals surface area (Å²) in [6.45, 7) is 2.45. The molecule has 0 bridgehead atoms. The van der Waals surface area contributed by atoms with E-state index in [2.05, 4.69) is 40.5 Å². The largest absolute Gasteiger partial charge is 0.378 e. The van der Waals surface area contributed by atoms with E-state index in [1.165, 1.54) is 6.33 Å². The lowest BCUT2D eigenvalue weighted by molar-refractivity contribution is 0.122. The van der Waals surface area contributed by atoms with Crippen LogP contribution in [0.15, 0.2) is 77.6 Å². The molecule has 4 aromatic rings. The van der Waals surface area contributed by atoms with Crippen molar-refractivity contribution in [3.05, 3.63) is 78.9 Å². The number of halogens is 1. The van der Waals surface area contributed by atoms with Crippen molar-refractivity contribution in [1.29, 1.82) is 0 Å². The zero-order chi connectivity index (χ0) is 23.9. The highest BCUT2D eigenvalue weighted by atomic mass is 19.1. The number of hydrogen-bond donors (Lipinski definition) is 1. The van der Waals surface area contributed by atoms with E-state index in [0.29, 0.717) is 26.3 Å². The minimum absolute atomic E-state index is 0.106. The van der Waals surface area contributed by atoms with Gasteiger partial charge in [-0.05, 0) is 30.3 Å². The van der Waals surface area contributed by atoms with Crippen molar-refractivity contribution in [2.45, 2.75) is 6.54 Å². The summed E-state index contributed by atoms with van der Waals surface area (Å²) < 4.78 is 19.4. The van der Waals surface area contributed by atoms with Crippen molar-refractivity contribution in [3.63, 3.8) is 0 Å². The van der Waals surface area contributed by atoms with Crippen LogP contribution in [-0.2, 0) is 11.3 Å². The molecule has 0 atom stereocenters. The maximum Gasteiger partial charge on any atom is 0.270 e. The molecule has 1 fully saturated rings. The normalized spacial score (nSPS) is 13.8. The van der Waals surface area contributed by atoms with Gasteiger partial charge < -0.3 is 15.0 Å². The maximum atomic E-state index is 14.1. The van der Waals surface area contributed by atoms with Crippen molar-refractivity contribution in [1.82, 2.24) is 24.9 Å². The molecule has 1 saturated heterocycles. The summed E-state index contributed by atoms with van der Waals surface area (Å²) >= 11 is 0. The van der Waals surface area contributed by atoms with Gasteiger partial charge in [-0.25, -0.2) is 19.3 Å². The van der Waals surface area contributed by atoms with Crippen molar-refractivity contribution in [2.75, 3.05) is 36.5 Å². The van der Waals surface area contributed by atoms with E-state index in [0.717, 1.165) is 34.5 Å². The average Bonchev–Trinajstić information content (AvgIpc) is 2.92. The first kappa shape index (κ1) is 22.4. The lowest BCUT2D eigenvalue weighted by Gasteiger charge is -2.27. The third-order valence-corrected chi connectivity index (χ3v) is 5.27. The second kappa shape index (κ2) is 10.7. The summed E-state index contributed by atoms with van der Waals surface area (Å²) in [6, 6.07) is 13.6. The van der Waals surface area contributed by atoms with E-state index in [-0.39, 0.29) is 18.3 Å². The molecule has 11 heteroatoms. The summed E-state index contributed by atoms with van der Waals surface area (Å²) in [5, 5.41) is 11.5. The highest BCUT2D eigenvalue weighted by Crippen LogP contribution is 2.23. The summed E-state index contributed by atoms with van der Waals surface area (Å²) in [6.07, 6.45) is 6.09. The van der Waals surface area contributed by atoms with Gasteiger partial charge in [0.1, 0.15) is 12.9 Å². The van der Waals surface area contributed by atoms with Crippen molar-refractivity contribution in [3.8, 4) is 11.3 Å². The molecular formula is C24H22FN9O. The number of nitrogens with zero attached hydrogens (tertiary/aromatic N) is 8. The molecule has 5 rings (SSSR count). The standard InChI is InChI=1S/C24H22FN9O/c25-21-15-28-24(32-23(21)34-8-10-35-11-9-34)33-30-14-19-4-5-20(13-27-19)31-18-3-1-2-17(12-18)22-6-7-26-16-29-22/h1-7,12-13,15-16,31H,8-11,14H2. The summed E-state index contributed by atoms with van der Waals surface area (Å²) in [5.74, 6) is -0.164. The number of hydrogen-bond acceptors (Lipinski definition) is 10. The number of ether oxygens (including phenoxy) is 1. The predicted octanol–water partition coefficient (Wildman–Crippen LogP) is 4.33. The average molecular weight is 472 g/mol. The molecule has 35 heavy (non-hydrogen) atoms. The number of nitrogens with one attached hydrogen (secondary N) is 1. The Morgan fingerprint density at radius 2 is 1.91 bits per heavy atom. The van der Waals surface area contributed by atoms with Gasteiger partial charge in [0, 0.05) is 30.5 Å². The minimum Gasteiger partial charge on any atom is -0.378 e. The zero-order valence-corrected chi connectivity index (χ0v) is 18.8. The van der Waals surface area contributed by atoms with Crippen molar-refractivity contribution >= 4 is 23.1 Å². The van der Waals surface area contributed by atoms with E-state index >= 15 is 0 Å². The number of rotatable bonds is 7. The predicted molar refractivity (Wildman–Crippen MR) is 128 cm³/mol. The first-order valence-corrected chi connectivity index (χ1v) is 11.1. The van der Waals surface area contributed by atoms with Crippen LogP contribution >= 0.6 is 0 Å². The molecule has 3 aromatic heterocycles. The van der Waals surface area contributed by atoms with Gasteiger partial charge in [-0.1, -0.05) is 12.1 Å². The van der Waals surface area contributed by atoms with Gasteiger partial charge in [-0.15, -0.1) is 5.11 Å². The summed E-state index contributed by atoms with van der Waals surface area (Å²) in [4.78, 5) is 22.6. The molecule has 176 valence electrons. The Bertz CT molecular complexity index is 1300. The van der Waals surface area contributed by atoms with Gasteiger partial charge in [0.05, 0.1) is 42.7 Å². The van der Waals surface area contributed by atoms with Gasteiger partial charge in [0.2, 0.25) is 0 Å². The molecule has 1 aliphatic rings. The first-order chi connectivity index (χ1) is 17.2. The lowest BCUT2D eigenvalue weighted by atomic mass is 10.1. The van der Waals surface area contributed by atoms with Gasteiger partial charge in [0.15, 0.2) is 11.6 Å². The highest BCUT2D eigenvalue weighted by molar-refractivity contribution is 5.68. The quantitative estimate of drug-likeness (QED) is 0.396. The Morgan fingerprint density at radius 1 is 1.00 bits per heavy atom. The molecule has 0 amide bonds. The van der Waals surface area contributed by atoms with Crippen LogP contribution in [0.2, 0.25) is 0 Å². The van der Waals surface area contributed by atoms with E-state index < -0.39 is 5.82 Å². The Kier molecular flexibility index (Phi) is 6.85. The molecule has 0 unspecified atom stereocenters. The van der Waals surface area contributed by atoms with E-state index in [1.807, 2.05) is 47.4 Å². The fourth-order valence-electron chi connectivity index (χ4n) is 3.54. The van der Waals surface area contributed by atoms with Gasteiger partial charge >= 0.3 is 0 Å². The number of anilines is 3. The third-order valence-electron chi connectivity index (χ3n) is 5.27. The second-order valence-corrected chi connectivity index (χ2v) is 7.68. The molecule has 1 N–H and O–H groups in total. The Balaban J connectivity index is 1.20. The van der Waals surface area contributed by atoms with Crippen LogP contribution in [0.4, 0.5) is 27.5 Å². The van der Waals surface area contributed by atoms with Gasteiger partial charge in [-0.3, -0.25) is 4.98 Å². The van der Waals surface area contributed by atoms with Crippen LogP contribution in [-0.4, -0.2) is 51.2 Å². The Hall–Kier alpha value is -4.38. The van der Waals surface area contributed by atoms with Crippen LogP contribution in [0.5, 0.6) is 0 Å². The molecule has 1 aliphatic heterocycles. The maximum absolute atomic E-state index is 14.1.